The van der Waals surface area contributed by atoms with E-state index in [4.69, 9.17) is 9.47 Å². The maximum Gasteiger partial charge on any atom is 0.254 e. The van der Waals surface area contributed by atoms with Crippen molar-refractivity contribution in [1.82, 2.24) is 9.80 Å². The van der Waals surface area contributed by atoms with Crippen LogP contribution in [-0.4, -0.2) is 61.1 Å². The smallest absolute Gasteiger partial charge is 0.254 e. The minimum absolute atomic E-state index is 0.0549. The molecule has 1 heterocycles. The van der Waals surface area contributed by atoms with E-state index in [0.717, 1.165) is 31.0 Å². The molecule has 1 saturated heterocycles. The van der Waals surface area contributed by atoms with Crippen molar-refractivity contribution in [3.8, 4) is 11.5 Å². The van der Waals surface area contributed by atoms with Gasteiger partial charge in [-0.15, -0.1) is 0 Å². The van der Waals surface area contributed by atoms with Crippen LogP contribution in [0.15, 0.2) is 54.1 Å². The van der Waals surface area contributed by atoms with Crippen LogP contribution in [0.2, 0.25) is 0 Å². The zero-order valence-corrected chi connectivity index (χ0v) is 23.7. The second-order valence-electron chi connectivity index (χ2n) is 10.9. The average Bonchev–Trinajstić information content (AvgIpc) is 3.36. The van der Waals surface area contributed by atoms with Crippen LogP contribution in [0.25, 0.3) is 6.08 Å². The minimum atomic E-state index is 0.0549. The van der Waals surface area contributed by atoms with Gasteiger partial charge in [-0.25, -0.2) is 0 Å². The molecule has 2 aromatic carbocycles. The summed E-state index contributed by atoms with van der Waals surface area (Å²) < 4.78 is 11.6. The van der Waals surface area contributed by atoms with Gasteiger partial charge in [0.05, 0.1) is 13.2 Å². The Morgan fingerprint density at radius 2 is 1.68 bits per heavy atom. The third kappa shape index (κ3) is 7.86. The van der Waals surface area contributed by atoms with E-state index in [9.17, 15) is 4.79 Å². The number of carbonyl (C=O) groups excluding carboxylic acids is 1. The summed E-state index contributed by atoms with van der Waals surface area (Å²) in [5.41, 5.74) is 3.00. The van der Waals surface area contributed by atoms with Gasteiger partial charge in [-0.05, 0) is 82.7 Å². The third-order valence-electron chi connectivity index (χ3n) is 7.88. The molecule has 1 saturated carbocycles. The molecule has 0 aromatic heterocycles. The summed E-state index contributed by atoms with van der Waals surface area (Å²) in [6.07, 6.45) is 11.4. The normalized spacial score (nSPS) is 18.9. The number of benzene rings is 2. The molecule has 1 aliphatic heterocycles. The molecule has 0 radical (unpaired) electrons. The largest absolute Gasteiger partial charge is 0.490 e. The zero-order chi connectivity index (χ0) is 26.7. The Balaban J connectivity index is 1.55. The van der Waals surface area contributed by atoms with Crippen LogP contribution in [0, 0.1) is 5.92 Å². The molecule has 5 heteroatoms. The molecule has 206 valence electrons. The van der Waals surface area contributed by atoms with Gasteiger partial charge in [0.2, 0.25) is 0 Å². The van der Waals surface area contributed by atoms with Crippen molar-refractivity contribution in [3.63, 3.8) is 0 Å². The highest BCUT2D eigenvalue weighted by molar-refractivity contribution is 5.95. The molecule has 38 heavy (non-hydrogen) atoms. The number of hydrogen-bond acceptors (Lipinski definition) is 4. The SMILES string of the molecule is CCOc1ccc(C(=O)N(CC(C)=Cc2ccccc2)CC2CCCN2CC2CCCCC2)cc1OCC. The van der Waals surface area contributed by atoms with Crippen LogP contribution < -0.4 is 9.47 Å². The summed E-state index contributed by atoms with van der Waals surface area (Å²) >= 11 is 0. The second kappa shape index (κ2) is 14.4. The van der Waals surface area contributed by atoms with Gasteiger partial charge in [0, 0.05) is 31.2 Å². The first-order valence-electron chi connectivity index (χ1n) is 14.7. The first-order valence-corrected chi connectivity index (χ1v) is 14.7. The molecule has 0 bridgehead atoms. The Labute approximate surface area is 229 Å². The summed E-state index contributed by atoms with van der Waals surface area (Å²) in [4.78, 5) is 18.8. The summed E-state index contributed by atoms with van der Waals surface area (Å²) in [6.45, 7) is 10.8. The van der Waals surface area contributed by atoms with E-state index in [1.807, 2.05) is 38.1 Å². The molecule has 5 nitrogen and oxygen atoms in total. The number of carbonyl (C=O) groups is 1. The molecule has 1 unspecified atom stereocenters. The monoisotopic (exact) mass is 518 g/mol. The Hall–Kier alpha value is -2.79. The molecule has 2 fully saturated rings. The summed E-state index contributed by atoms with van der Waals surface area (Å²) in [7, 11) is 0. The van der Waals surface area contributed by atoms with E-state index < -0.39 is 0 Å². The molecule has 1 atom stereocenters. The first-order chi connectivity index (χ1) is 18.6. The van der Waals surface area contributed by atoms with Crippen molar-refractivity contribution in [2.45, 2.75) is 71.8 Å². The van der Waals surface area contributed by atoms with Crippen molar-refractivity contribution in [3.05, 3.63) is 65.2 Å². The fourth-order valence-corrected chi connectivity index (χ4v) is 6.06. The van der Waals surface area contributed by atoms with Crippen molar-refractivity contribution in [2.24, 2.45) is 5.92 Å². The minimum Gasteiger partial charge on any atom is -0.490 e. The lowest BCUT2D eigenvalue weighted by Gasteiger charge is -2.34. The number of hydrogen-bond donors (Lipinski definition) is 0. The Morgan fingerprint density at radius 1 is 0.947 bits per heavy atom. The number of likely N-dealkylation sites (tertiary alicyclic amines) is 1. The fourth-order valence-electron chi connectivity index (χ4n) is 6.06. The van der Waals surface area contributed by atoms with Gasteiger partial charge in [-0.1, -0.05) is 61.2 Å². The lowest BCUT2D eigenvalue weighted by Crippen LogP contribution is -2.45. The van der Waals surface area contributed by atoms with Gasteiger partial charge < -0.3 is 14.4 Å². The zero-order valence-electron chi connectivity index (χ0n) is 23.7. The lowest BCUT2D eigenvalue weighted by molar-refractivity contribution is 0.0709. The molecule has 1 amide bonds. The highest BCUT2D eigenvalue weighted by Gasteiger charge is 2.31. The van der Waals surface area contributed by atoms with Crippen LogP contribution in [0.1, 0.15) is 81.6 Å². The second-order valence-corrected chi connectivity index (χ2v) is 10.9. The van der Waals surface area contributed by atoms with E-state index in [2.05, 4.69) is 47.1 Å². The Morgan fingerprint density at radius 3 is 2.42 bits per heavy atom. The van der Waals surface area contributed by atoms with Gasteiger partial charge >= 0.3 is 0 Å². The highest BCUT2D eigenvalue weighted by Crippen LogP contribution is 2.31. The molecular weight excluding hydrogens is 472 g/mol. The standard InChI is InChI=1S/C33H46N2O3/c1-4-37-31-19-18-29(22-32(31)38-5-2)33(36)35(23-26(3)21-27-13-8-6-9-14-27)25-30-17-12-20-34(30)24-28-15-10-7-11-16-28/h6,8-9,13-14,18-19,21-22,28,30H,4-5,7,10-12,15-17,20,23-25H2,1-3H3. The summed E-state index contributed by atoms with van der Waals surface area (Å²) in [6, 6.07) is 16.4. The number of rotatable bonds is 12. The van der Waals surface area contributed by atoms with E-state index >= 15 is 0 Å². The van der Waals surface area contributed by atoms with Crippen LogP contribution in [0.3, 0.4) is 0 Å². The molecule has 4 rings (SSSR count). The average molecular weight is 519 g/mol. The van der Waals surface area contributed by atoms with Crippen LogP contribution >= 0.6 is 0 Å². The van der Waals surface area contributed by atoms with Crippen molar-refractivity contribution >= 4 is 12.0 Å². The summed E-state index contributed by atoms with van der Waals surface area (Å²) in [5, 5.41) is 0. The van der Waals surface area contributed by atoms with E-state index in [0.29, 0.717) is 42.9 Å². The van der Waals surface area contributed by atoms with E-state index in [1.54, 1.807) is 0 Å². The van der Waals surface area contributed by atoms with Gasteiger partial charge in [0.1, 0.15) is 0 Å². The van der Waals surface area contributed by atoms with E-state index in [1.165, 1.54) is 50.6 Å². The van der Waals surface area contributed by atoms with Gasteiger partial charge in [0.15, 0.2) is 11.5 Å². The predicted molar refractivity (Wildman–Crippen MR) is 156 cm³/mol. The fraction of sp³-hybridized carbons (Fsp3) is 0.545. The molecule has 2 aromatic rings. The highest BCUT2D eigenvalue weighted by atomic mass is 16.5. The topological polar surface area (TPSA) is 42.0 Å². The maximum absolute atomic E-state index is 14.0. The van der Waals surface area contributed by atoms with Crippen LogP contribution in [0.5, 0.6) is 11.5 Å². The van der Waals surface area contributed by atoms with Crippen molar-refractivity contribution < 1.29 is 14.3 Å². The third-order valence-corrected chi connectivity index (χ3v) is 7.88. The van der Waals surface area contributed by atoms with Gasteiger partial charge in [-0.2, -0.15) is 0 Å². The Bertz CT molecular complexity index is 1050. The number of nitrogens with zero attached hydrogens (tertiary/aromatic N) is 2. The first kappa shape index (κ1) is 28.2. The van der Waals surface area contributed by atoms with Crippen LogP contribution in [0.4, 0.5) is 0 Å². The summed E-state index contributed by atoms with van der Waals surface area (Å²) in [5.74, 6) is 2.19. The molecule has 1 aliphatic carbocycles. The number of amides is 1. The Kier molecular flexibility index (Phi) is 10.7. The molecule has 0 spiro atoms. The van der Waals surface area contributed by atoms with Crippen LogP contribution in [-0.2, 0) is 0 Å². The molecule has 0 N–H and O–H groups in total. The van der Waals surface area contributed by atoms with Gasteiger partial charge in [-0.3, -0.25) is 9.69 Å². The van der Waals surface area contributed by atoms with E-state index in [-0.39, 0.29) is 5.91 Å². The van der Waals surface area contributed by atoms with Crippen molar-refractivity contribution in [2.75, 3.05) is 39.4 Å². The predicted octanol–water partition coefficient (Wildman–Crippen LogP) is 7.07. The van der Waals surface area contributed by atoms with Crippen molar-refractivity contribution in [1.29, 1.82) is 0 Å². The molecular formula is C33H46N2O3. The maximum atomic E-state index is 14.0. The van der Waals surface area contributed by atoms with Gasteiger partial charge in [0.25, 0.3) is 5.91 Å². The quantitative estimate of drug-likeness (QED) is 0.301. The molecule has 2 aliphatic rings. The lowest BCUT2D eigenvalue weighted by atomic mass is 9.89. The number of ether oxygens (including phenoxy) is 2.